The molecule has 0 unspecified atom stereocenters. The molecule has 1 aromatic heterocycles. The lowest BCUT2D eigenvalue weighted by atomic mass is 9.99. The molecule has 4 aromatic carbocycles. The first-order valence-electron chi connectivity index (χ1n) is 35.8. The molecule has 2 saturated heterocycles. The average Bonchev–Trinajstić information content (AvgIpc) is 1.75. The number of β-amino-alcohol motifs (C(OH)–C–C–N with tert-alkyl or cyclic N) is 2. The SMILES string of the molecule is CCCC[C@@H](C(=O)N1C[C@H](O)C[C@@H]1C(=O)N[C@H](C=O)CC(=O)O)N(C)C(=O)[C@H](Cc1ccccc1)N(C)C(=O)[C@H](Cc1ccc(F)c(F)c1)NC(=O)CSCCNC(=O)[C@H](CC(C)C)NC(=O)[C@H](Cc1ccc(O)cc1)NC(=O)[C@H](Cc1c[nH]c2ccccc12)NC(=O)[C@H]1C[C@@H](O)CN1C(=O)[C@@H](N)CCCN. The van der Waals surface area contributed by atoms with Crippen LogP contribution >= 0.6 is 11.8 Å². The van der Waals surface area contributed by atoms with Gasteiger partial charge < -0.3 is 93.2 Å². The number of aliphatic hydroxyl groups is 2. The third-order valence-electron chi connectivity index (χ3n) is 18.9. The van der Waals surface area contributed by atoms with Crippen LogP contribution in [0.4, 0.5) is 8.78 Å². The number of thioether (sulfide) groups is 1. The van der Waals surface area contributed by atoms with Crippen LogP contribution in [0.25, 0.3) is 10.9 Å². The molecule has 32 heteroatoms. The Bertz CT molecular complexity index is 3910. The number of carbonyl (C=O) groups excluding carboxylic acids is 11. The number of fused-ring (bicyclic) bond motifs is 1. The number of aldehydes is 1. The summed E-state index contributed by atoms with van der Waals surface area (Å²) in [6.45, 7) is 5.16. The molecule has 3 heterocycles. The van der Waals surface area contributed by atoms with Crippen molar-refractivity contribution in [1.29, 1.82) is 0 Å². The average molecular weight is 1510 g/mol. The molecule has 0 saturated carbocycles. The summed E-state index contributed by atoms with van der Waals surface area (Å²) in [5.74, 6) is -11.9. The van der Waals surface area contributed by atoms with Gasteiger partial charge in [-0.1, -0.05) is 100 Å². The number of hydrogen-bond acceptors (Lipinski definition) is 18. The highest BCUT2D eigenvalue weighted by atomic mass is 32.2. The summed E-state index contributed by atoms with van der Waals surface area (Å²) in [7, 11) is 2.66. The van der Waals surface area contributed by atoms with Crippen molar-refractivity contribution in [2.45, 2.75) is 177 Å². The van der Waals surface area contributed by atoms with Crippen molar-refractivity contribution in [3.05, 3.63) is 137 Å². The lowest BCUT2D eigenvalue weighted by Gasteiger charge is -2.37. The quantitative estimate of drug-likeness (QED) is 0.0194. The van der Waals surface area contributed by atoms with Gasteiger partial charge >= 0.3 is 5.97 Å². The van der Waals surface area contributed by atoms with E-state index in [1.54, 1.807) is 54.7 Å². The Morgan fingerprint density at radius 3 is 1.88 bits per heavy atom. The number of phenolic OH excluding ortho intramolecular Hbond substituents is 1. The summed E-state index contributed by atoms with van der Waals surface area (Å²) in [6, 6.07) is 11.3. The molecule has 10 amide bonds. The van der Waals surface area contributed by atoms with Crippen LogP contribution in [0.5, 0.6) is 5.75 Å². The Morgan fingerprint density at radius 1 is 0.664 bits per heavy atom. The first-order valence-corrected chi connectivity index (χ1v) is 37.0. The largest absolute Gasteiger partial charge is 0.508 e. The predicted octanol–water partition coefficient (Wildman–Crippen LogP) is 1.25. The van der Waals surface area contributed by atoms with E-state index in [4.69, 9.17) is 11.5 Å². The number of H-pyrrole nitrogens is 1. The first-order chi connectivity index (χ1) is 51.0. The number of amides is 10. The molecule has 15 N–H and O–H groups in total. The number of nitrogens with two attached hydrogens (primary N) is 2. The van der Waals surface area contributed by atoms with Crippen LogP contribution in [0.2, 0.25) is 0 Å². The minimum absolute atomic E-state index is 0.0507. The smallest absolute Gasteiger partial charge is 0.305 e. The number of aromatic nitrogens is 1. The van der Waals surface area contributed by atoms with Gasteiger partial charge in [-0.05, 0) is 90.7 Å². The molecule has 2 aliphatic heterocycles. The Hall–Kier alpha value is -9.89. The number of rotatable bonds is 40. The van der Waals surface area contributed by atoms with E-state index in [-0.39, 0.29) is 113 Å². The number of carboxylic acids is 1. The fraction of sp³-hybridized carbons (Fsp3) is 0.493. The highest BCUT2D eigenvalue weighted by Crippen LogP contribution is 2.27. The number of phenols is 1. The lowest BCUT2D eigenvalue weighted by Crippen LogP contribution is -2.59. The molecule has 0 radical (unpaired) electrons. The van der Waals surface area contributed by atoms with E-state index in [1.807, 2.05) is 39.0 Å². The van der Waals surface area contributed by atoms with Gasteiger partial charge in [0.15, 0.2) is 11.6 Å². The Labute approximate surface area is 623 Å². The number of carboxylic acid groups (broad SMARTS) is 1. The van der Waals surface area contributed by atoms with E-state index in [0.717, 1.165) is 49.5 Å². The van der Waals surface area contributed by atoms with Gasteiger partial charge in [0, 0.05) is 95.1 Å². The summed E-state index contributed by atoms with van der Waals surface area (Å²) in [4.78, 5) is 175. The number of halogens is 2. The van der Waals surface area contributed by atoms with E-state index in [0.29, 0.717) is 36.0 Å². The molecule has 0 spiro atoms. The highest BCUT2D eigenvalue weighted by Gasteiger charge is 2.46. The summed E-state index contributed by atoms with van der Waals surface area (Å²) >= 11 is 1.04. The fourth-order valence-electron chi connectivity index (χ4n) is 13.2. The van der Waals surface area contributed by atoms with Crippen LogP contribution in [0.15, 0.2) is 103 Å². The van der Waals surface area contributed by atoms with Crippen molar-refractivity contribution in [3.63, 3.8) is 0 Å². The maximum atomic E-state index is 15.2. The van der Waals surface area contributed by atoms with Crippen molar-refractivity contribution < 1.29 is 86.7 Å². The molecule has 2 aliphatic rings. The molecule has 580 valence electrons. The van der Waals surface area contributed by atoms with Gasteiger partial charge in [0.05, 0.1) is 36.5 Å². The van der Waals surface area contributed by atoms with Crippen LogP contribution in [0.3, 0.4) is 0 Å². The normalized spacial score (nSPS) is 17.8. The number of benzene rings is 4. The minimum atomic E-state index is -1.54. The highest BCUT2D eigenvalue weighted by molar-refractivity contribution is 7.99. The van der Waals surface area contributed by atoms with Crippen molar-refractivity contribution in [2.24, 2.45) is 17.4 Å². The molecule has 107 heavy (non-hydrogen) atoms. The predicted molar refractivity (Wildman–Crippen MR) is 393 cm³/mol. The van der Waals surface area contributed by atoms with Crippen molar-refractivity contribution in [1.82, 2.24) is 56.5 Å². The van der Waals surface area contributed by atoms with Gasteiger partial charge in [-0.15, -0.1) is 0 Å². The topological polar surface area (TPSA) is 439 Å². The van der Waals surface area contributed by atoms with Crippen LogP contribution in [0, 0.1) is 17.6 Å². The molecule has 0 aliphatic carbocycles. The lowest BCUT2D eigenvalue weighted by molar-refractivity contribution is -0.152. The Balaban J connectivity index is 1.05. The number of nitrogens with zero attached hydrogens (tertiary/aromatic N) is 4. The van der Waals surface area contributed by atoms with Crippen LogP contribution in [0.1, 0.15) is 101 Å². The van der Waals surface area contributed by atoms with Crippen LogP contribution in [-0.2, 0) is 83.2 Å². The summed E-state index contributed by atoms with van der Waals surface area (Å²) < 4.78 is 29.2. The third kappa shape index (κ3) is 24.3. The van der Waals surface area contributed by atoms with Crippen molar-refractivity contribution >= 4 is 94.0 Å². The van der Waals surface area contributed by atoms with Gasteiger partial charge in [0.1, 0.15) is 60.4 Å². The number of para-hydroxylation sites is 1. The van der Waals surface area contributed by atoms with E-state index in [1.165, 1.54) is 37.2 Å². The Kier molecular flexibility index (Phi) is 32.1. The number of likely N-dealkylation sites (N-methyl/N-ethyl adjacent to an activating group) is 2. The molecular weight excluding hydrogens is 1410 g/mol. The summed E-state index contributed by atoms with van der Waals surface area (Å²) in [5.41, 5.74) is 14.4. The van der Waals surface area contributed by atoms with Gasteiger partial charge in [-0.25, -0.2) is 8.78 Å². The number of nitrogens with one attached hydrogen (secondary N) is 7. The summed E-state index contributed by atoms with van der Waals surface area (Å²) in [6.07, 6.45) is -0.620. The van der Waals surface area contributed by atoms with E-state index in [2.05, 4.69) is 36.9 Å². The van der Waals surface area contributed by atoms with E-state index < -0.39 is 162 Å². The number of aliphatic hydroxyl groups excluding tert-OH is 2. The molecule has 12 atom stereocenters. The monoisotopic (exact) mass is 1510 g/mol. The third-order valence-corrected chi connectivity index (χ3v) is 19.8. The maximum absolute atomic E-state index is 15.2. The number of likely N-dealkylation sites (tertiary alicyclic amines) is 2. The van der Waals surface area contributed by atoms with Crippen molar-refractivity contribution in [3.8, 4) is 5.75 Å². The standard InChI is InChI=1S/C75H99F2N13O16S/c1-6-7-19-61(75(106)90-40-51(94)36-62(90)70(101)82-48(41-91)35-66(96)97)87(4)74(105)64(33-44-14-9-8-10-15-44)88(5)73(104)60(32-46-22-25-53(76)54(77)30-46)83-65(95)42-107-28-27-80-67(98)57(29-43(2)3)84-68(99)58(31-45-20-23-49(92)24-21-45)85-69(100)59(34-47-38-81-56-18-12-11-16-52(47)56)86-71(102)63-37-50(93)39-89(63)72(103)55(79)17-13-26-78/h8-12,14-16,18,20-25,30,38,41,43,48,50-51,55,57-64,81,92-94H,6-7,13,17,19,26-29,31-37,39-40,42,78-79H2,1-5H3,(H,80,98)(H,82,101)(H,83,95)(H,84,99)(H,85,100)(H,86,102)(H,96,97)/t48-,50+,51+,55-,57-,58-,59-,60-,61-,62+,63+,64-/m0/s1. The second-order valence-electron chi connectivity index (χ2n) is 27.6. The van der Waals surface area contributed by atoms with E-state index in [9.17, 15) is 77.2 Å². The molecular formula is C75H99F2N13O16S. The minimum Gasteiger partial charge on any atom is -0.508 e. The van der Waals surface area contributed by atoms with Crippen LogP contribution < -0.4 is 43.4 Å². The number of unbranched alkanes of at least 4 members (excludes halogenated alkanes) is 1. The zero-order valence-electron chi connectivity index (χ0n) is 60.6. The molecule has 0 bridgehead atoms. The van der Waals surface area contributed by atoms with Crippen molar-refractivity contribution in [2.75, 3.05) is 51.8 Å². The number of aliphatic carboxylic acids is 1. The van der Waals surface area contributed by atoms with Gasteiger partial charge in [0.25, 0.3) is 0 Å². The number of aromatic hydroxyl groups is 1. The van der Waals surface area contributed by atoms with Crippen LogP contribution in [-0.4, -0.2) is 241 Å². The zero-order valence-corrected chi connectivity index (χ0v) is 61.4. The second kappa shape index (κ2) is 40.7. The zero-order chi connectivity index (χ0) is 78.2. The number of hydrogen-bond donors (Lipinski definition) is 13. The van der Waals surface area contributed by atoms with Gasteiger partial charge in [-0.2, -0.15) is 11.8 Å². The molecule has 7 rings (SSSR count). The number of carbonyl (C=O) groups is 12. The van der Waals surface area contributed by atoms with E-state index >= 15 is 9.59 Å². The Morgan fingerprint density at radius 2 is 1.25 bits per heavy atom. The molecule has 5 aromatic rings. The second-order valence-corrected chi connectivity index (χ2v) is 28.7. The summed E-state index contributed by atoms with van der Waals surface area (Å²) in [5, 5.41) is 58.0. The van der Waals surface area contributed by atoms with Gasteiger partial charge in [-0.3, -0.25) is 52.7 Å². The molecule has 2 fully saturated rings. The number of aromatic amines is 1. The first kappa shape index (κ1) is 84.4. The maximum Gasteiger partial charge on any atom is 0.305 e. The fourth-order valence-corrected chi connectivity index (χ4v) is 13.8. The van der Waals surface area contributed by atoms with Gasteiger partial charge in [0.2, 0.25) is 59.1 Å². The molecule has 29 nitrogen and oxygen atoms in total.